The Hall–Kier alpha value is -3.76. The number of unbranched alkanes of at least 4 members (excludes halogenated alkanes) is 50. The number of ether oxygens (including phenoxy) is 3. The van der Waals surface area contributed by atoms with E-state index in [9.17, 15) is 39.0 Å². The summed E-state index contributed by atoms with van der Waals surface area (Å²) in [7, 11) is 2.17. The van der Waals surface area contributed by atoms with Crippen LogP contribution >= 0.6 is 23.5 Å². The average molecular weight is 1600 g/mol. The minimum absolute atomic E-state index is 0.108. The van der Waals surface area contributed by atoms with E-state index in [0.29, 0.717) is 40.6 Å². The number of piperidine rings is 1. The van der Waals surface area contributed by atoms with Gasteiger partial charge in [0.1, 0.15) is 6.10 Å². The average Bonchev–Trinajstić information content (AvgIpc) is 1.55. The molecule has 1 fully saturated rings. The molecule has 4 N–H and O–H groups in total. The Morgan fingerprint density at radius 3 is 1.03 bits per heavy atom. The van der Waals surface area contributed by atoms with Gasteiger partial charge >= 0.3 is 35.8 Å². The van der Waals surface area contributed by atoms with Crippen molar-refractivity contribution in [2.75, 3.05) is 36.6 Å². The van der Waals surface area contributed by atoms with Crippen molar-refractivity contribution in [2.45, 2.75) is 463 Å². The van der Waals surface area contributed by atoms with E-state index in [4.69, 9.17) is 24.4 Å². The number of aliphatic carboxylic acids is 4. The van der Waals surface area contributed by atoms with Crippen LogP contribution in [0.4, 0.5) is 0 Å². The summed E-state index contributed by atoms with van der Waals surface area (Å²) in [6, 6.07) is 4.28. The zero-order valence-electron chi connectivity index (χ0n) is 72.2. The first-order valence-corrected chi connectivity index (χ1v) is 48.8. The van der Waals surface area contributed by atoms with Gasteiger partial charge in [-0.2, -0.15) is 23.5 Å². The number of carboxylic acid groups (broad SMARTS) is 4. The van der Waals surface area contributed by atoms with Gasteiger partial charge in [-0.1, -0.05) is 387 Å². The van der Waals surface area contributed by atoms with Gasteiger partial charge in [0.15, 0.2) is 17.6 Å². The smallest absolute Gasteiger partial charge is 0.310 e. The number of benzene rings is 1. The largest absolute Gasteiger partial charge is 0.481 e. The fourth-order valence-electron chi connectivity index (χ4n) is 18.0. The molecule has 0 amide bonds. The third kappa shape index (κ3) is 42.8. The van der Waals surface area contributed by atoms with Gasteiger partial charge in [0, 0.05) is 59.8 Å². The van der Waals surface area contributed by atoms with Crippen LogP contribution < -0.4 is 9.47 Å². The number of nitrogens with zero attached hydrogens (tertiary/aromatic N) is 1. The van der Waals surface area contributed by atoms with Crippen LogP contribution in [-0.2, 0) is 45.3 Å². The van der Waals surface area contributed by atoms with Crippen LogP contribution in [0.25, 0.3) is 0 Å². The van der Waals surface area contributed by atoms with Crippen LogP contribution in [0, 0.1) is 16.7 Å². The molecule has 1 aromatic rings. The van der Waals surface area contributed by atoms with Crippen LogP contribution in [-0.4, -0.2) is 116 Å². The Morgan fingerprint density at radius 2 is 0.748 bits per heavy atom. The number of hydrogen-bond donors (Lipinski definition) is 4. The first kappa shape index (κ1) is 101. The molecular weight excluding hydrogens is 1430 g/mol. The van der Waals surface area contributed by atoms with Gasteiger partial charge in [-0.05, 0) is 69.8 Å². The van der Waals surface area contributed by atoms with E-state index >= 15 is 0 Å². The molecule has 111 heavy (non-hydrogen) atoms. The number of esters is 2. The number of likely N-dealkylation sites (tertiary alicyclic amines) is 1. The summed E-state index contributed by atoms with van der Waals surface area (Å²) in [6.45, 7) is 12.8. The third-order valence-electron chi connectivity index (χ3n) is 24.8. The molecule has 5 atom stereocenters. The van der Waals surface area contributed by atoms with Crippen LogP contribution in [0.3, 0.4) is 0 Å². The second-order valence-corrected chi connectivity index (χ2v) is 36.5. The number of carbonyl (C=O) groups excluding carboxylic acids is 2. The van der Waals surface area contributed by atoms with Gasteiger partial charge < -0.3 is 39.5 Å². The van der Waals surface area contributed by atoms with Gasteiger partial charge in [-0.3, -0.25) is 28.8 Å². The normalized spacial score (nSPS) is 17.5. The molecule has 4 aliphatic rings. The molecule has 2 aliphatic carbocycles. The lowest BCUT2D eigenvalue weighted by Gasteiger charge is -2.56. The molecule has 2 bridgehead atoms. The predicted octanol–water partition coefficient (Wildman–Crippen LogP) is 27.2. The Labute approximate surface area is 687 Å². The number of carbonyl (C=O) groups is 6. The number of carboxylic acids is 4. The molecule has 0 radical (unpaired) electrons. The molecule has 16 heteroatoms. The predicted molar refractivity (Wildman–Crippen MR) is 467 cm³/mol. The molecule has 2 heterocycles. The minimum atomic E-state index is -0.802. The summed E-state index contributed by atoms with van der Waals surface area (Å²) in [5.41, 5.74) is 0.761. The summed E-state index contributed by atoms with van der Waals surface area (Å²) >= 11 is 3.05. The molecule has 5 rings (SSSR count). The first-order valence-electron chi connectivity index (χ1n) is 46.5. The zero-order chi connectivity index (χ0) is 80.9. The van der Waals surface area contributed by atoms with Crippen LogP contribution in [0.15, 0.2) is 24.3 Å². The Morgan fingerprint density at radius 1 is 0.441 bits per heavy atom. The summed E-state index contributed by atoms with van der Waals surface area (Å²) in [4.78, 5) is 72.6. The quantitative estimate of drug-likeness (QED) is 0.0207. The maximum atomic E-state index is 12.6. The standard InChI is InChI=1S/C42H82O4S.C32H62O4S.C21H23NO5/c1-3-5-7-9-11-13-15-17-19-21-23-25-27-29-31-33-36-42(41(45)46,39-47-38-35-40(43)44)37-34-32-30-28-26-24-22-20-18-16-14-12-10-8-6-4-2;1-3-5-7-9-11-13-15-17-19-21-23-26-32(31(35)36,29-37-28-25-30(33)34)27-24-22-20-18-16-14-12-10-8-6-4-2;1-11(23)25-16-6-4-13-10-15-14-5-7-17(26-12(2)24)20-21(14,8-9-22(15)3)18(13)19(16)27-20/h3-39H2,1-2H3,(H,43,44)(H,45,46);3-29H2,1-2H3,(H,33,34)(H,35,36);4-7,14-15,17,20H,8-10H2,1-3H3/t;;14-,15+,17-,20-,21-/m..0/s1. The van der Waals surface area contributed by atoms with Crippen molar-refractivity contribution >= 4 is 59.3 Å². The van der Waals surface area contributed by atoms with E-state index in [-0.39, 0.29) is 42.2 Å². The SMILES string of the molecule is CC(=O)Oc1ccc2c3c1O[C@H]1[C@@H](OC(C)=O)C=C[C@H]4[C@@H](C2)N(C)CC[C@@]341.CCCCCCCCCCCCCC(CCCCCCCCCCCCC)(CSCCC(=O)O)C(=O)O.CCCCCCCCCCCCCCCCCCC(CCCCCCCCCCCCCCCCCC)(CSCCC(=O)O)C(=O)O. The number of hydrogen-bond acceptors (Lipinski definition) is 12. The van der Waals surface area contributed by atoms with Crippen molar-refractivity contribution in [3.05, 3.63) is 35.4 Å². The highest BCUT2D eigenvalue weighted by atomic mass is 32.2. The van der Waals surface area contributed by atoms with Crippen molar-refractivity contribution in [3.63, 3.8) is 0 Å². The van der Waals surface area contributed by atoms with E-state index in [1.165, 1.54) is 338 Å². The summed E-state index contributed by atoms with van der Waals surface area (Å²) in [5.74, 6) is -0.125. The molecule has 0 aromatic heterocycles. The molecule has 1 aromatic carbocycles. The first-order chi connectivity index (χ1) is 53.9. The van der Waals surface area contributed by atoms with E-state index in [1.54, 1.807) is 0 Å². The van der Waals surface area contributed by atoms with E-state index in [1.807, 2.05) is 12.1 Å². The molecular formula is C95H167NO13S2. The third-order valence-corrected chi connectivity index (χ3v) is 27.3. The molecule has 0 unspecified atom stereocenters. The highest BCUT2D eigenvalue weighted by Crippen LogP contribution is 2.63. The van der Waals surface area contributed by atoms with Gasteiger partial charge in [-0.15, -0.1) is 0 Å². The second kappa shape index (κ2) is 64.3. The number of likely N-dealkylation sites (N-methyl/N-ethyl adjacent to an activating group) is 1. The lowest BCUT2D eigenvalue weighted by molar-refractivity contribution is -0.152. The second-order valence-electron chi connectivity index (χ2n) is 34.3. The molecule has 1 spiro atoms. The summed E-state index contributed by atoms with van der Waals surface area (Å²) in [6.07, 6.45) is 78.7. The summed E-state index contributed by atoms with van der Waals surface area (Å²) < 4.78 is 17.5. The maximum Gasteiger partial charge on any atom is 0.310 e. The van der Waals surface area contributed by atoms with Crippen molar-refractivity contribution in [1.82, 2.24) is 4.90 Å². The molecule has 642 valence electrons. The number of rotatable bonds is 72. The van der Waals surface area contributed by atoms with Crippen LogP contribution in [0.2, 0.25) is 0 Å². The van der Waals surface area contributed by atoms with E-state index in [0.717, 1.165) is 102 Å². The lowest BCUT2D eigenvalue weighted by Crippen LogP contribution is -2.65. The van der Waals surface area contributed by atoms with Crippen molar-refractivity contribution in [3.8, 4) is 11.5 Å². The molecule has 0 saturated carbocycles. The van der Waals surface area contributed by atoms with Crippen molar-refractivity contribution in [1.29, 1.82) is 0 Å². The maximum absolute atomic E-state index is 12.6. The van der Waals surface area contributed by atoms with Crippen molar-refractivity contribution < 1.29 is 63.4 Å². The minimum Gasteiger partial charge on any atom is -0.481 e. The topological polar surface area (TPSA) is 214 Å². The molecule has 2 aliphatic heterocycles. The van der Waals surface area contributed by atoms with E-state index in [2.05, 4.69) is 51.8 Å². The van der Waals surface area contributed by atoms with Gasteiger partial charge in [0.25, 0.3) is 0 Å². The van der Waals surface area contributed by atoms with Crippen LogP contribution in [0.5, 0.6) is 11.5 Å². The fraction of sp³-hybridized carbons (Fsp3) is 0.853. The molecule has 14 nitrogen and oxygen atoms in total. The van der Waals surface area contributed by atoms with Crippen LogP contribution in [0.1, 0.15) is 444 Å². The van der Waals surface area contributed by atoms with Crippen molar-refractivity contribution in [2.24, 2.45) is 16.7 Å². The van der Waals surface area contributed by atoms with Gasteiger partial charge in [0.05, 0.1) is 23.7 Å². The molecule has 1 saturated heterocycles. The Balaban J connectivity index is 0.000000445. The monoisotopic (exact) mass is 1590 g/mol. The Kier molecular flexibility index (Phi) is 58.8. The number of thioether (sulfide) groups is 2. The highest BCUT2D eigenvalue weighted by molar-refractivity contribution is 7.99. The Bertz CT molecular complexity index is 2550. The van der Waals surface area contributed by atoms with E-state index < -0.39 is 40.8 Å². The van der Waals surface area contributed by atoms with Gasteiger partial charge in [0.2, 0.25) is 0 Å². The lowest BCUT2D eigenvalue weighted by atomic mass is 9.53. The van der Waals surface area contributed by atoms with Gasteiger partial charge in [-0.25, -0.2) is 0 Å². The zero-order valence-corrected chi connectivity index (χ0v) is 73.9. The highest BCUT2D eigenvalue weighted by Gasteiger charge is 2.65. The summed E-state index contributed by atoms with van der Waals surface area (Å²) in [5, 5.41) is 38.6. The fourth-order valence-corrected chi connectivity index (χ4v) is 20.5.